The molecule has 0 fully saturated rings. The Hall–Kier alpha value is -2.18. The molecule has 2 aromatic carbocycles. The third-order valence-corrected chi connectivity index (χ3v) is 4.45. The van der Waals surface area contributed by atoms with E-state index in [1.54, 1.807) is 25.3 Å². The van der Waals surface area contributed by atoms with Gasteiger partial charge in [-0.1, -0.05) is 17.7 Å². The minimum atomic E-state index is -0.363. The number of hydrogen-bond acceptors (Lipinski definition) is 5. The average molecular weight is 382 g/mol. The molecule has 0 unspecified atom stereocenters. The summed E-state index contributed by atoms with van der Waals surface area (Å²) in [7, 11) is 3.06. The van der Waals surface area contributed by atoms with E-state index in [0.717, 1.165) is 5.56 Å². The Morgan fingerprint density at radius 1 is 1.04 bits per heavy atom. The minimum absolute atomic E-state index is 0.144. The Morgan fingerprint density at radius 2 is 1.77 bits per heavy atom. The van der Waals surface area contributed by atoms with Crippen molar-refractivity contribution in [3.8, 4) is 23.0 Å². The van der Waals surface area contributed by atoms with Crippen LogP contribution in [0.3, 0.4) is 0 Å². The molecular formula is C19H21ClFNO4. The van der Waals surface area contributed by atoms with Gasteiger partial charge in [0.05, 0.1) is 32.5 Å². The molecule has 5 nitrogen and oxygen atoms in total. The summed E-state index contributed by atoms with van der Waals surface area (Å²) in [5.74, 6) is 1.24. The fourth-order valence-electron chi connectivity index (χ4n) is 2.85. The lowest BCUT2D eigenvalue weighted by Gasteiger charge is -2.15. The van der Waals surface area contributed by atoms with Crippen LogP contribution in [0.25, 0.3) is 0 Å². The van der Waals surface area contributed by atoms with E-state index in [1.807, 2.05) is 6.07 Å². The van der Waals surface area contributed by atoms with E-state index >= 15 is 0 Å². The maximum atomic E-state index is 14.6. The Morgan fingerprint density at radius 3 is 2.50 bits per heavy atom. The van der Waals surface area contributed by atoms with Gasteiger partial charge >= 0.3 is 0 Å². The summed E-state index contributed by atoms with van der Waals surface area (Å²) in [4.78, 5) is 0. The summed E-state index contributed by atoms with van der Waals surface area (Å²) in [5, 5.41) is 3.60. The third kappa shape index (κ3) is 3.81. The van der Waals surface area contributed by atoms with E-state index in [0.29, 0.717) is 54.0 Å². The van der Waals surface area contributed by atoms with E-state index in [9.17, 15) is 4.39 Å². The van der Waals surface area contributed by atoms with Gasteiger partial charge in [0.15, 0.2) is 28.8 Å². The highest BCUT2D eigenvalue weighted by Gasteiger charge is 2.23. The molecule has 1 aliphatic heterocycles. The average Bonchev–Trinajstić information content (AvgIpc) is 3.12. The highest BCUT2D eigenvalue weighted by atomic mass is 35.5. The van der Waals surface area contributed by atoms with Crippen LogP contribution in [0, 0.1) is 5.82 Å². The van der Waals surface area contributed by atoms with Gasteiger partial charge in [-0.2, -0.15) is 0 Å². The Bertz CT molecular complexity index is 785. The van der Waals surface area contributed by atoms with Gasteiger partial charge < -0.3 is 24.3 Å². The summed E-state index contributed by atoms with van der Waals surface area (Å²) in [6.07, 6.45) is 0.548. The molecule has 0 spiro atoms. The molecule has 0 radical (unpaired) electrons. The lowest BCUT2D eigenvalue weighted by atomic mass is 10.1. The topological polar surface area (TPSA) is 49.0 Å². The predicted octanol–water partition coefficient (Wildman–Crippen LogP) is 3.95. The summed E-state index contributed by atoms with van der Waals surface area (Å²) >= 11 is 6.12. The van der Waals surface area contributed by atoms with Crippen LogP contribution >= 0.6 is 11.6 Å². The maximum Gasteiger partial charge on any atom is 0.197 e. The van der Waals surface area contributed by atoms with Crippen molar-refractivity contribution in [2.75, 3.05) is 27.4 Å². The molecule has 26 heavy (non-hydrogen) atoms. The smallest absolute Gasteiger partial charge is 0.197 e. The number of methoxy groups -OCH3 is 2. The van der Waals surface area contributed by atoms with Crippen LogP contribution in [0.15, 0.2) is 24.3 Å². The lowest BCUT2D eigenvalue weighted by molar-refractivity contribution is 0.228. The Balaban J connectivity index is 1.58. The third-order valence-electron chi connectivity index (χ3n) is 4.15. The molecule has 7 heteroatoms. The molecule has 0 bridgehead atoms. The van der Waals surface area contributed by atoms with Crippen molar-refractivity contribution in [2.24, 2.45) is 0 Å². The van der Waals surface area contributed by atoms with Crippen molar-refractivity contribution in [1.29, 1.82) is 0 Å². The summed E-state index contributed by atoms with van der Waals surface area (Å²) in [6.45, 7) is 1.77. The van der Waals surface area contributed by atoms with Crippen molar-refractivity contribution in [3.05, 3.63) is 46.2 Å². The van der Waals surface area contributed by atoms with Crippen LogP contribution in [0.1, 0.15) is 17.5 Å². The molecule has 0 aliphatic carbocycles. The molecule has 0 aromatic heterocycles. The normalized spacial score (nSPS) is 12.6. The molecule has 1 heterocycles. The van der Waals surface area contributed by atoms with Gasteiger partial charge in [-0.05, 0) is 23.8 Å². The van der Waals surface area contributed by atoms with E-state index < -0.39 is 0 Å². The second-order valence-electron chi connectivity index (χ2n) is 5.78. The van der Waals surface area contributed by atoms with Crippen molar-refractivity contribution in [2.45, 2.75) is 19.5 Å². The molecule has 2 aromatic rings. The van der Waals surface area contributed by atoms with Crippen LogP contribution in [-0.2, 0) is 13.1 Å². The largest absolute Gasteiger partial charge is 0.493 e. The van der Waals surface area contributed by atoms with E-state index in [4.69, 9.17) is 30.5 Å². The first-order valence-electron chi connectivity index (χ1n) is 8.32. The second-order valence-corrected chi connectivity index (χ2v) is 6.19. The first-order chi connectivity index (χ1) is 12.7. The van der Waals surface area contributed by atoms with Gasteiger partial charge in [0.1, 0.15) is 0 Å². The number of fused-ring (bicyclic) bond motifs is 1. The van der Waals surface area contributed by atoms with Crippen LogP contribution in [0.4, 0.5) is 4.39 Å². The minimum Gasteiger partial charge on any atom is -0.493 e. The number of nitrogens with one attached hydrogen (secondary N) is 1. The lowest BCUT2D eigenvalue weighted by Crippen LogP contribution is -2.08. The summed E-state index contributed by atoms with van der Waals surface area (Å²) in [5.41, 5.74) is 1.54. The summed E-state index contributed by atoms with van der Waals surface area (Å²) < 4.78 is 36.5. The Kier molecular flexibility index (Phi) is 6.06. The molecule has 0 amide bonds. The molecule has 1 aliphatic rings. The standard InChI is InChI=1S/C19H21ClFNO4/c1-23-15-6-3-5-14(20)18(15)25-7-4-8-26-19-16(24-2)9-12-10-22-11-13(12)17(19)21/h3,5-6,9,22H,4,7-8,10-11H2,1-2H3. The zero-order chi connectivity index (χ0) is 18.5. The molecule has 0 atom stereocenters. The maximum absolute atomic E-state index is 14.6. The molecule has 3 rings (SSSR count). The monoisotopic (exact) mass is 381 g/mol. The predicted molar refractivity (Wildman–Crippen MR) is 97.1 cm³/mol. The van der Waals surface area contributed by atoms with Crippen molar-refractivity contribution >= 4 is 11.6 Å². The van der Waals surface area contributed by atoms with Crippen LogP contribution < -0.4 is 24.3 Å². The SMILES string of the molecule is COc1cccc(Cl)c1OCCCOc1c(OC)cc2c(c1F)CNC2. The molecular weight excluding hydrogens is 361 g/mol. The zero-order valence-electron chi connectivity index (χ0n) is 14.7. The van der Waals surface area contributed by atoms with Crippen molar-refractivity contribution in [3.63, 3.8) is 0 Å². The number of rotatable bonds is 8. The number of hydrogen-bond donors (Lipinski definition) is 1. The Labute approximate surface area is 157 Å². The highest BCUT2D eigenvalue weighted by molar-refractivity contribution is 6.32. The number of halogens is 2. The van der Waals surface area contributed by atoms with Gasteiger partial charge in [-0.15, -0.1) is 0 Å². The van der Waals surface area contributed by atoms with Gasteiger partial charge in [-0.25, -0.2) is 4.39 Å². The van der Waals surface area contributed by atoms with Gasteiger partial charge in [-0.3, -0.25) is 0 Å². The van der Waals surface area contributed by atoms with Gasteiger partial charge in [0.25, 0.3) is 0 Å². The first kappa shape index (κ1) is 18.6. The van der Waals surface area contributed by atoms with Gasteiger partial charge in [0.2, 0.25) is 0 Å². The van der Waals surface area contributed by atoms with E-state index in [-0.39, 0.29) is 18.2 Å². The van der Waals surface area contributed by atoms with E-state index in [1.165, 1.54) is 7.11 Å². The number of ether oxygens (including phenoxy) is 4. The fraction of sp³-hybridized carbons (Fsp3) is 0.368. The van der Waals surface area contributed by atoms with Crippen LogP contribution in [-0.4, -0.2) is 27.4 Å². The summed E-state index contributed by atoms with van der Waals surface area (Å²) in [6, 6.07) is 7.11. The van der Waals surface area contributed by atoms with Crippen LogP contribution in [0.5, 0.6) is 23.0 Å². The second kappa shape index (κ2) is 8.47. The zero-order valence-corrected chi connectivity index (χ0v) is 15.5. The highest BCUT2D eigenvalue weighted by Crippen LogP contribution is 2.37. The van der Waals surface area contributed by atoms with Gasteiger partial charge in [0, 0.05) is 25.1 Å². The molecule has 1 N–H and O–H groups in total. The molecule has 140 valence electrons. The van der Waals surface area contributed by atoms with Crippen molar-refractivity contribution < 1.29 is 23.3 Å². The number of para-hydroxylation sites is 1. The van der Waals surface area contributed by atoms with Crippen molar-refractivity contribution in [1.82, 2.24) is 5.32 Å². The molecule has 0 saturated carbocycles. The quantitative estimate of drug-likeness (QED) is 0.702. The fourth-order valence-corrected chi connectivity index (χ4v) is 3.07. The van der Waals surface area contributed by atoms with Crippen LogP contribution in [0.2, 0.25) is 5.02 Å². The first-order valence-corrected chi connectivity index (χ1v) is 8.70. The number of benzene rings is 2. The van der Waals surface area contributed by atoms with E-state index in [2.05, 4.69) is 5.32 Å². The molecule has 0 saturated heterocycles.